The number of aryl methyl sites for hydroxylation is 1. The molecule has 4 aromatic rings. The molecule has 0 unspecified atom stereocenters. The standard InChI is InChI=1S/C20H15N5OS3/c1-12-2-7-16(28-14-5-3-13(26)4-6-14)15(10-12)24-18-17-19(23-11-22-18)25-20(29-17)27-9-8-21/h2-7,10-11,26H,9H2,1H3,(H,22,23,24). The highest BCUT2D eigenvalue weighted by molar-refractivity contribution is 8.01. The minimum atomic E-state index is 0.246. The van der Waals surface area contributed by atoms with Crippen LogP contribution in [-0.2, 0) is 0 Å². The van der Waals surface area contributed by atoms with Crippen LogP contribution in [0.2, 0.25) is 0 Å². The van der Waals surface area contributed by atoms with E-state index in [0.717, 1.165) is 30.1 Å². The Morgan fingerprint density at radius 2 is 2.00 bits per heavy atom. The summed E-state index contributed by atoms with van der Waals surface area (Å²) in [5, 5.41) is 21.7. The Bertz CT molecular complexity index is 1200. The molecule has 0 amide bonds. The molecular weight excluding hydrogens is 422 g/mol. The first kappa shape index (κ1) is 19.5. The van der Waals surface area contributed by atoms with E-state index in [0.29, 0.717) is 17.2 Å². The van der Waals surface area contributed by atoms with Gasteiger partial charge < -0.3 is 10.4 Å². The van der Waals surface area contributed by atoms with E-state index in [9.17, 15) is 5.11 Å². The molecular formula is C20H15N5OS3. The van der Waals surface area contributed by atoms with Gasteiger partial charge in [0, 0.05) is 9.79 Å². The van der Waals surface area contributed by atoms with Crippen molar-refractivity contribution in [3.8, 4) is 11.8 Å². The van der Waals surface area contributed by atoms with Crippen molar-refractivity contribution in [1.29, 1.82) is 5.26 Å². The van der Waals surface area contributed by atoms with Crippen LogP contribution in [0.1, 0.15) is 5.56 Å². The predicted molar refractivity (Wildman–Crippen MR) is 118 cm³/mol. The second-order valence-corrected chi connectivity index (χ2v) is 9.36. The summed E-state index contributed by atoms with van der Waals surface area (Å²) < 4.78 is 1.66. The van der Waals surface area contributed by atoms with Crippen LogP contribution in [0.4, 0.5) is 11.5 Å². The van der Waals surface area contributed by atoms with Crippen LogP contribution in [0.3, 0.4) is 0 Å². The molecule has 0 bridgehead atoms. The Morgan fingerprint density at radius 1 is 1.17 bits per heavy atom. The largest absolute Gasteiger partial charge is 0.508 e. The Balaban J connectivity index is 1.67. The highest BCUT2D eigenvalue weighted by atomic mass is 32.2. The molecule has 0 spiro atoms. The van der Waals surface area contributed by atoms with Crippen LogP contribution >= 0.6 is 34.9 Å². The third-order valence-electron chi connectivity index (χ3n) is 3.88. The van der Waals surface area contributed by atoms with Crippen LogP contribution in [-0.4, -0.2) is 25.8 Å². The van der Waals surface area contributed by atoms with Gasteiger partial charge in [0.05, 0.1) is 17.5 Å². The van der Waals surface area contributed by atoms with Crippen LogP contribution in [0, 0.1) is 18.3 Å². The molecule has 2 heterocycles. The van der Waals surface area contributed by atoms with Gasteiger partial charge in [0.25, 0.3) is 0 Å². The van der Waals surface area contributed by atoms with Crippen molar-refractivity contribution in [1.82, 2.24) is 15.0 Å². The average Bonchev–Trinajstić information content (AvgIpc) is 3.14. The summed E-state index contributed by atoms with van der Waals surface area (Å²) in [5.41, 5.74) is 2.68. The fraction of sp³-hybridized carbons (Fsp3) is 0.100. The zero-order chi connectivity index (χ0) is 20.2. The number of phenols is 1. The molecule has 6 nitrogen and oxygen atoms in total. The van der Waals surface area contributed by atoms with E-state index in [-0.39, 0.29) is 5.75 Å². The predicted octanol–water partition coefficient (Wildman–Crippen LogP) is 5.61. The van der Waals surface area contributed by atoms with Gasteiger partial charge in [-0.25, -0.2) is 15.0 Å². The average molecular weight is 438 g/mol. The molecule has 0 fully saturated rings. The Labute approximate surface area is 180 Å². The third-order valence-corrected chi connectivity index (χ3v) is 7.03. The summed E-state index contributed by atoms with van der Waals surface area (Å²) in [6.07, 6.45) is 1.49. The molecule has 0 saturated carbocycles. The SMILES string of the molecule is Cc1ccc(Sc2ccc(O)cc2)c(Nc2ncnc3nc(SCC#N)sc23)c1. The number of fused-ring (bicyclic) bond motifs is 1. The van der Waals surface area contributed by atoms with Crippen molar-refractivity contribution >= 4 is 56.7 Å². The molecule has 2 aromatic carbocycles. The summed E-state index contributed by atoms with van der Waals surface area (Å²) in [6.45, 7) is 2.04. The fourth-order valence-electron chi connectivity index (χ4n) is 2.58. The second-order valence-electron chi connectivity index (χ2n) is 6.02. The lowest BCUT2D eigenvalue weighted by atomic mass is 10.2. The van der Waals surface area contributed by atoms with Crippen LogP contribution in [0.25, 0.3) is 10.3 Å². The number of phenolic OH excluding ortho intramolecular Hbond substituents is 1. The first-order valence-electron chi connectivity index (χ1n) is 8.58. The zero-order valence-corrected chi connectivity index (χ0v) is 17.7. The quantitative estimate of drug-likeness (QED) is 0.376. The number of aromatic nitrogens is 3. The van der Waals surface area contributed by atoms with Gasteiger partial charge in [-0.2, -0.15) is 5.26 Å². The first-order valence-corrected chi connectivity index (χ1v) is 11.2. The zero-order valence-electron chi connectivity index (χ0n) is 15.3. The molecule has 0 saturated heterocycles. The molecule has 29 heavy (non-hydrogen) atoms. The van der Waals surface area contributed by atoms with Gasteiger partial charge in [0.15, 0.2) is 15.8 Å². The molecule has 0 atom stereocenters. The van der Waals surface area contributed by atoms with E-state index in [2.05, 4.69) is 44.5 Å². The number of nitrogens with zero attached hydrogens (tertiary/aromatic N) is 4. The third kappa shape index (κ3) is 4.62. The van der Waals surface area contributed by atoms with E-state index in [1.54, 1.807) is 23.9 Å². The smallest absolute Gasteiger partial charge is 0.176 e. The van der Waals surface area contributed by atoms with E-state index in [4.69, 9.17) is 5.26 Å². The molecule has 0 aliphatic rings. The maximum Gasteiger partial charge on any atom is 0.176 e. The number of thioether (sulfide) groups is 1. The summed E-state index contributed by atoms with van der Waals surface area (Å²) in [5.74, 6) is 1.28. The summed E-state index contributed by atoms with van der Waals surface area (Å²) in [7, 11) is 0. The maximum absolute atomic E-state index is 9.51. The number of benzene rings is 2. The van der Waals surface area contributed by atoms with Gasteiger partial charge >= 0.3 is 0 Å². The highest BCUT2D eigenvalue weighted by Crippen LogP contribution is 2.38. The Hall–Kier alpha value is -2.80. The van der Waals surface area contributed by atoms with Crippen molar-refractivity contribution in [2.75, 3.05) is 11.1 Å². The Morgan fingerprint density at radius 3 is 2.79 bits per heavy atom. The summed E-state index contributed by atoms with van der Waals surface area (Å²) in [6, 6.07) is 15.4. The molecule has 144 valence electrons. The molecule has 0 radical (unpaired) electrons. The Kier molecular flexibility index (Phi) is 5.85. The lowest BCUT2D eigenvalue weighted by molar-refractivity contribution is 0.475. The van der Waals surface area contributed by atoms with E-state index in [1.165, 1.54) is 29.4 Å². The summed E-state index contributed by atoms with van der Waals surface area (Å²) in [4.78, 5) is 15.2. The van der Waals surface area contributed by atoms with Crippen molar-refractivity contribution in [2.45, 2.75) is 21.1 Å². The van der Waals surface area contributed by atoms with E-state index < -0.39 is 0 Å². The fourth-order valence-corrected chi connectivity index (χ4v) is 5.16. The number of nitriles is 1. The highest BCUT2D eigenvalue weighted by Gasteiger charge is 2.13. The monoisotopic (exact) mass is 437 g/mol. The molecule has 0 aliphatic heterocycles. The van der Waals surface area contributed by atoms with Crippen molar-refractivity contribution in [3.05, 3.63) is 54.4 Å². The molecule has 2 aromatic heterocycles. The van der Waals surface area contributed by atoms with Crippen LogP contribution in [0.5, 0.6) is 5.75 Å². The number of nitrogens with one attached hydrogen (secondary N) is 1. The first-order chi connectivity index (χ1) is 14.1. The lowest BCUT2D eigenvalue weighted by Gasteiger charge is -2.12. The number of rotatable bonds is 6. The van der Waals surface area contributed by atoms with Gasteiger partial charge in [-0.15, -0.1) is 11.3 Å². The normalized spacial score (nSPS) is 10.8. The molecule has 2 N–H and O–H groups in total. The van der Waals surface area contributed by atoms with Crippen LogP contribution < -0.4 is 5.32 Å². The molecule has 9 heteroatoms. The lowest BCUT2D eigenvalue weighted by Crippen LogP contribution is -1.97. The number of hydrogen-bond acceptors (Lipinski definition) is 9. The van der Waals surface area contributed by atoms with Gasteiger partial charge in [0.1, 0.15) is 16.8 Å². The van der Waals surface area contributed by atoms with Crippen molar-refractivity contribution in [2.24, 2.45) is 0 Å². The van der Waals surface area contributed by atoms with Crippen molar-refractivity contribution in [3.63, 3.8) is 0 Å². The molecule has 0 aliphatic carbocycles. The number of thiazole rings is 1. The van der Waals surface area contributed by atoms with Crippen LogP contribution in [0.15, 0.2) is 62.9 Å². The maximum atomic E-state index is 9.51. The summed E-state index contributed by atoms with van der Waals surface area (Å²) >= 11 is 4.48. The van der Waals surface area contributed by atoms with E-state index in [1.807, 2.05) is 19.1 Å². The number of hydrogen-bond donors (Lipinski definition) is 2. The van der Waals surface area contributed by atoms with Gasteiger partial charge in [-0.3, -0.25) is 0 Å². The minimum absolute atomic E-state index is 0.246. The second kappa shape index (κ2) is 8.69. The van der Waals surface area contributed by atoms with Crippen molar-refractivity contribution < 1.29 is 5.11 Å². The number of anilines is 2. The van der Waals surface area contributed by atoms with E-state index >= 15 is 0 Å². The molecule has 4 rings (SSSR count). The van der Waals surface area contributed by atoms with Gasteiger partial charge in [-0.1, -0.05) is 29.6 Å². The topological polar surface area (TPSA) is 94.7 Å². The number of aromatic hydroxyl groups is 1. The van der Waals surface area contributed by atoms with Gasteiger partial charge in [-0.05, 0) is 48.9 Å². The minimum Gasteiger partial charge on any atom is -0.508 e. The van der Waals surface area contributed by atoms with Gasteiger partial charge in [0.2, 0.25) is 0 Å².